The van der Waals surface area contributed by atoms with Gasteiger partial charge in [0.15, 0.2) is 9.84 Å². The number of carbonyl (C=O) groups is 1. The Kier molecular flexibility index (Phi) is 5.69. The number of benzene rings is 1. The van der Waals surface area contributed by atoms with Crippen molar-refractivity contribution in [2.24, 2.45) is 11.8 Å². The molecule has 2 unspecified atom stereocenters. The molecule has 1 saturated carbocycles. The van der Waals surface area contributed by atoms with Crippen LogP contribution in [0.4, 0.5) is 22.1 Å². The third-order valence-corrected chi connectivity index (χ3v) is 8.20. The maximum Gasteiger partial charge on any atom is 0.410 e. The second kappa shape index (κ2) is 8.36. The topological polar surface area (TPSA) is 95.9 Å². The van der Waals surface area contributed by atoms with E-state index in [1.807, 2.05) is 37.8 Å². The molecule has 1 aromatic heterocycles. The standard InChI is InChI=1S/C25H33N5O4S/c1-6-29(23-18-13-28(14-19(18)23)24(31)34-25(2,3)4)21-12-22(27-15-26-21)30-10-9-16-11-17(35(5,32)33)7-8-20(16)30/h7-8,11-12,15,18-19,23H,6,9-10,13-14H2,1-5H3. The molecule has 1 aliphatic carbocycles. The molecule has 35 heavy (non-hydrogen) atoms. The summed E-state index contributed by atoms with van der Waals surface area (Å²) in [6, 6.07) is 7.67. The highest BCUT2D eigenvalue weighted by Gasteiger charge is 2.59. The van der Waals surface area contributed by atoms with E-state index in [-0.39, 0.29) is 6.09 Å². The van der Waals surface area contributed by atoms with Gasteiger partial charge in [-0.1, -0.05) is 0 Å². The average Bonchev–Trinajstić information content (AvgIpc) is 3.14. The lowest BCUT2D eigenvalue weighted by Gasteiger charge is -2.29. The number of fused-ring (bicyclic) bond motifs is 2. The number of aromatic nitrogens is 2. The molecule has 1 amide bonds. The van der Waals surface area contributed by atoms with E-state index in [4.69, 9.17) is 4.74 Å². The first-order chi connectivity index (χ1) is 16.5. The molecule has 9 nitrogen and oxygen atoms in total. The molecule has 188 valence electrons. The summed E-state index contributed by atoms with van der Waals surface area (Å²) in [4.78, 5) is 28.2. The summed E-state index contributed by atoms with van der Waals surface area (Å²) in [7, 11) is -3.24. The van der Waals surface area contributed by atoms with Gasteiger partial charge >= 0.3 is 6.09 Å². The summed E-state index contributed by atoms with van der Waals surface area (Å²) in [5.74, 6) is 2.52. The molecular formula is C25H33N5O4S. The average molecular weight is 500 g/mol. The first-order valence-electron chi connectivity index (χ1n) is 12.1. The number of carbonyl (C=O) groups excluding carboxylic acids is 1. The van der Waals surface area contributed by atoms with Crippen molar-refractivity contribution in [3.05, 3.63) is 36.2 Å². The Morgan fingerprint density at radius 2 is 1.89 bits per heavy atom. The Balaban J connectivity index is 1.30. The van der Waals surface area contributed by atoms with Gasteiger partial charge in [0.05, 0.1) is 4.90 Å². The van der Waals surface area contributed by atoms with Gasteiger partial charge in [-0.3, -0.25) is 0 Å². The van der Waals surface area contributed by atoms with E-state index in [0.29, 0.717) is 35.9 Å². The van der Waals surface area contributed by atoms with Gasteiger partial charge in [-0.2, -0.15) is 0 Å². The van der Waals surface area contributed by atoms with Crippen LogP contribution in [0.15, 0.2) is 35.5 Å². The van der Waals surface area contributed by atoms with E-state index in [0.717, 1.165) is 42.4 Å². The lowest BCUT2D eigenvalue weighted by molar-refractivity contribution is 0.0271. The number of anilines is 3. The van der Waals surface area contributed by atoms with Crippen molar-refractivity contribution in [3.8, 4) is 0 Å². The van der Waals surface area contributed by atoms with Gasteiger partial charge in [0.2, 0.25) is 0 Å². The van der Waals surface area contributed by atoms with Gasteiger partial charge in [0, 0.05) is 62.1 Å². The van der Waals surface area contributed by atoms with Gasteiger partial charge in [-0.25, -0.2) is 23.2 Å². The van der Waals surface area contributed by atoms with Crippen LogP contribution in [0.3, 0.4) is 0 Å². The van der Waals surface area contributed by atoms with Crippen molar-refractivity contribution in [2.75, 3.05) is 42.2 Å². The maximum absolute atomic E-state index is 12.4. The predicted octanol–water partition coefficient (Wildman–Crippen LogP) is 3.27. The zero-order chi connectivity index (χ0) is 25.1. The fourth-order valence-electron chi connectivity index (χ4n) is 5.45. The van der Waals surface area contributed by atoms with Crippen molar-refractivity contribution in [2.45, 2.75) is 50.7 Å². The minimum Gasteiger partial charge on any atom is -0.444 e. The van der Waals surface area contributed by atoms with Crippen molar-refractivity contribution >= 4 is 33.3 Å². The van der Waals surface area contributed by atoms with E-state index in [2.05, 4.69) is 26.7 Å². The van der Waals surface area contributed by atoms with Crippen molar-refractivity contribution < 1.29 is 17.9 Å². The van der Waals surface area contributed by atoms with Crippen LogP contribution in [0.25, 0.3) is 0 Å². The molecule has 3 aliphatic rings. The summed E-state index contributed by atoms with van der Waals surface area (Å²) in [6.45, 7) is 10.8. The summed E-state index contributed by atoms with van der Waals surface area (Å²) in [5, 5.41) is 0. The highest BCUT2D eigenvalue weighted by molar-refractivity contribution is 7.90. The van der Waals surface area contributed by atoms with Crippen LogP contribution in [0.5, 0.6) is 0 Å². The Morgan fingerprint density at radius 1 is 1.17 bits per heavy atom. The molecule has 5 rings (SSSR count). The number of hydrogen-bond donors (Lipinski definition) is 0. The van der Waals surface area contributed by atoms with E-state index < -0.39 is 15.4 Å². The van der Waals surface area contributed by atoms with Gasteiger partial charge in [-0.05, 0) is 57.9 Å². The summed E-state index contributed by atoms with van der Waals surface area (Å²) >= 11 is 0. The lowest BCUT2D eigenvalue weighted by atomic mass is 10.2. The number of rotatable bonds is 5. The largest absolute Gasteiger partial charge is 0.444 e. The van der Waals surface area contributed by atoms with Crippen LogP contribution in [0, 0.1) is 11.8 Å². The van der Waals surface area contributed by atoms with Crippen LogP contribution in [-0.4, -0.2) is 73.5 Å². The van der Waals surface area contributed by atoms with Crippen molar-refractivity contribution in [3.63, 3.8) is 0 Å². The summed E-state index contributed by atoms with van der Waals surface area (Å²) in [6.07, 6.45) is 3.37. The van der Waals surface area contributed by atoms with E-state index >= 15 is 0 Å². The smallest absolute Gasteiger partial charge is 0.410 e. The molecule has 0 spiro atoms. The normalized spacial score (nSPS) is 23.2. The lowest BCUT2D eigenvalue weighted by Crippen LogP contribution is -2.40. The van der Waals surface area contributed by atoms with Crippen LogP contribution in [0.2, 0.25) is 0 Å². The quantitative estimate of drug-likeness (QED) is 0.619. The van der Waals surface area contributed by atoms with Crippen molar-refractivity contribution in [1.29, 1.82) is 0 Å². The second-order valence-electron chi connectivity index (χ2n) is 10.7. The second-order valence-corrected chi connectivity index (χ2v) is 12.7. The Bertz CT molecular complexity index is 1250. The number of hydrogen-bond acceptors (Lipinski definition) is 8. The van der Waals surface area contributed by atoms with Gasteiger partial charge in [0.25, 0.3) is 0 Å². The van der Waals surface area contributed by atoms with Crippen LogP contribution < -0.4 is 9.80 Å². The van der Waals surface area contributed by atoms with Crippen LogP contribution in [0.1, 0.15) is 33.3 Å². The fourth-order valence-corrected chi connectivity index (χ4v) is 6.12. The minimum atomic E-state index is -3.24. The van der Waals surface area contributed by atoms with Crippen LogP contribution in [-0.2, 0) is 21.0 Å². The van der Waals surface area contributed by atoms with Gasteiger partial charge in [0.1, 0.15) is 23.6 Å². The van der Waals surface area contributed by atoms with Gasteiger partial charge < -0.3 is 19.4 Å². The summed E-state index contributed by atoms with van der Waals surface area (Å²) < 4.78 is 29.4. The first kappa shape index (κ1) is 23.8. The Hall–Kier alpha value is -2.88. The van der Waals surface area contributed by atoms with Crippen molar-refractivity contribution in [1.82, 2.24) is 14.9 Å². The molecule has 0 N–H and O–H groups in total. The molecule has 0 radical (unpaired) electrons. The first-order valence-corrected chi connectivity index (χ1v) is 14.0. The molecule has 0 bridgehead atoms. The summed E-state index contributed by atoms with van der Waals surface area (Å²) in [5.41, 5.74) is 1.51. The molecule has 1 aromatic carbocycles. The molecule has 2 atom stereocenters. The number of likely N-dealkylation sites (tertiary alicyclic amines) is 1. The third kappa shape index (κ3) is 4.55. The Morgan fingerprint density at radius 3 is 2.51 bits per heavy atom. The minimum absolute atomic E-state index is 0.234. The molecule has 3 heterocycles. The predicted molar refractivity (Wildman–Crippen MR) is 134 cm³/mol. The number of ether oxygens (including phenoxy) is 1. The number of amides is 1. The van der Waals surface area contributed by atoms with E-state index in [1.165, 1.54) is 6.26 Å². The zero-order valence-electron chi connectivity index (χ0n) is 20.9. The van der Waals surface area contributed by atoms with E-state index in [1.54, 1.807) is 18.5 Å². The number of piperidine rings is 1. The zero-order valence-corrected chi connectivity index (χ0v) is 21.7. The molecule has 1 saturated heterocycles. The molecule has 2 fully saturated rings. The SMILES string of the molecule is CCN(c1cc(N2CCc3cc(S(C)(=O)=O)ccc32)ncn1)C1C2CN(C(=O)OC(C)(C)C)CC21. The third-order valence-electron chi connectivity index (χ3n) is 7.08. The van der Waals surface area contributed by atoms with Gasteiger partial charge in [-0.15, -0.1) is 0 Å². The maximum atomic E-state index is 12.4. The highest BCUT2D eigenvalue weighted by Crippen LogP contribution is 2.50. The molecule has 2 aromatic rings. The highest BCUT2D eigenvalue weighted by atomic mass is 32.2. The number of sulfone groups is 1. The fraction of sp³-hybridized carbons (Fsp3) is 0.560. The van der Waals surface area contributed by atoms with E-state index in [9.17, 15) is 13.2 Å². The Labute approximate surface area is 207 Å². The number of nitrogens with zero attached hydrogens (tertiary/aromatic N) is 5. The molecule has 10 heteroatoms. The van der Waals surface area contributed by atoms with Crippen LogP contribution >= 0.6 is 0 Å². The molecular weight excluding hydrogens is 466 g/mol. The molecule has 2 aliphatic heterocycles. The monoisotopic (exact) mass is 499 g/mol.